The highest BCUT2D eigenvalue weighted by Gasteiger charge is 2.49. The molecule has 3 nitrogen and oxygen atoms in total. The molecule has 1 aliphatic carbocycles. The molecule has 0 saturated heterocycles. The molecule has 19 heavy (non-hydrogen) atoms. The Kier molecular flexibility index (Phi) is 4.26. The summed E-state index contributed by atoms with van der Waals surface area (Å²) in [6.45, 7) is 4.73. The molecule has 0 atom stereocenters. The van der Waals surface area contributed by atoms with E-state index in [1.165, 1.54) is 4.88 Å². The van der Waals surface area contributed by atoms with Crippen LogP contribution in [0.4, 0.5) is 0 Å². The molecule has 1 heterocycles. The summed E-state index contributed by atoms with van der Waals surface area (Å²) in [6, 6.07) is 4.22. The van der Waals surface area contributed by atoms with Crippen LogP contribution in [0.25, 0.3) is 0 Å². The third-order valence-electron chi connectivity index (χ3n) is 3.88. The zero-order valence-electron chi connectivity index (χ0n) is 11.4. The van der Waals surface area contributed by atoms with Crippen molar-refractivity contribution in [2.75, 3.05) is 0 Å². The van der Waals surface area contributed by atoms with Gasteiger partial charge in [-0.3, -0.25) is 4.79 Å². The van der Waals surface area contributed by atoms with Crippen molar-refractivity contribution in [1.82, 2.24) is 4.90 Å². The van der Waals surface area contributed by atoms with Gasteiger partial charge in [-0.05, 0) is 38.1 Å². The van der Waals surface area contributed by atoms with E-state index in [1.807, 2.05) is 30.2 Å². The molecule has 5 heteroatoms. The fourth-order valence-electron chi connectivity index (χ4n) is 2.43. The van der Waals surface area contributed by atoms with Crippen molar-refractivity contribution in [3.63, 3.8) is 0 Å². The summed E-state index contributed by atoms with van der Waals surface area (Å²) in [5.41, 5.74) is 5.26. The zero-order chi connectivity index (χ0) is 14.0. The monoisotopic (exact) mass is 296 g/mol. The number of hydrogen-bond donors (Lipinski definition) is 1. The van der Waals surface area contributed by atoms with Crippen LogP contribution in [-0.4, -0.2) is 21.8 Å². The predicted octanol–water partition coefficient (Wildman–Crippen LogP) is 2.94. The molecule has 0 radical (unpaired) electrons. The largest absolute Gasteiger partial charge is 0.392 e. The van der Waals surface area contributed by atoms with Crippen molar-refractivity contribution >= 4 is 34.5 Å². The molecular weight excluding hydrogens is 276 g/mol. The number of nitrogens with zero attached hydrogens (tertiary/aromatic N) is 1. The quantitative estimate of drug-likeness (QED) is 0.850. The van der Waals surface area contributed by atoms with Gasteiger partial charge >= 0.3 is 0 Å². The van der Waals surface area contributed by atoms with Gasteiger partial charge in [-0.2, -0.15) is 0 Å². The second-order valence-corrected chi connectivity index (χ2v) is 6.88. The van der Waals surface area contributed by atoms with Gasteiger partial charge in [0, 0.05) is 10.9 Å². The van der Waals surface area contributed by atoms with Gasteiger partial charge in [0.2, 0.25) is 5.91 Å². The summed E-state index contributed by atoms with van der Waals surface area (Å²) >= 11 is 6.82. The first-order valence-corrected chi connectivity index (χ1v) is 7.89. The first-order valence-electron chi connectivity index (χ1n) is 6.61. The van der Waals surface area contributed by atoms with E-state index in [1.54, 1.807) is 11.3 Å². The highest BCUT2D eigenvalue weighted by atomic mass is 32.1. The van der Waals surface area contributed by atoms with Gasteiger partial charge in [0.05, 0.1) is 16.9 Å². The number of thiophene rings is 1. The molecule has 0 aromatic carbocycles. The molecule has 0 spiro atoms. The van der Waals surface area contributed by atoms with Gasteiger partial charge in [0.25, 0.3) is 0 Å². The standard InChI is InChI=1S/C14H20N2OS2/c1-10(2)16(9-11-5-3-8-19-11)13(17)14(12(15)18)6-4-7-14/h3,5,8,10H,4,6-7,9H2,1-2H3,(H2,15,18). The summed E-state index contributed by atoms with van der Waals surface area (Å²) in [5, 5.41) is 2.03. The van der Waals surface area contributed by atoms with E-state index < -0.39 is 5.41 Å². The molecule has 1 fully saturated rings. The lowest BCUT2D eigenvalue weighted by Gasteiger charge is -2.43. The molecule has 1 saturated carbocycles. The highest BCUT2D eigenvalue weighted by molar-refractivity contribution is 7.80. The van der Waals surface area contributed by atoms with Crippen LogP contribution in [0.3, 0.4) is 0 Å². The minimum atomic E-state index is -0.573. The van der Waals surface area contributed by atoms with Crippen molar-refractivity contribution < 1.29 is 4.79 Å². The Bertz CT molecular complexity index is 464. The molecular formula is C14H20N2OS2. The summed E-state index contributed by atoms with van der Waals surface area (Å²) in [4.78, 5) is 16.3. The molecule has 0 bridgehead atoms. The number of carbonyl (C=O) groups is 1. The molecule has 2 N–H and O–H groups in total. The Hall–Kier alpha value is -0.940. The average molecular weight is 296 g/mol. The van der Waals surface area contributed by atoms with Gasteiger partial charge in [-0.25, -0.2) is 0 Å². The van der Waals surface area contributed by atoms with Crippen molar-refractivity contribution in [3.8, 4) is 0 Å². The van der Waals surface area contributed by atoms with E-state index in [0.717, 1.165) is 19.3 Å². The second kappa shape index (κ2) is 5.59. The fourth-order valence-corrected chi connectivity index (χ4v) is 3.42. The van der Waals surface area contributed by atoms with Crippen LogP contribution in [0.1, 0.15) is 38.0 Å². The number of nitrogens with two attached hydrogens (primary N) is 1. The highest BCUT2D eigenvalue weighted by Crippen LogP contribution is 2.43. The van der Waals surface area contributed by atoms with Crippen molar-refractivity contribution in [1.29, 1.82) is 0 Å². The lowest BCUT2D eigenvalue weighted by Crippen LogP contribution is -2.55. The Morgan fingerprint density at radius 3 is 2.63 bits per heavy atom. The average Bonchev–Trinajstić information content (AvgIpc) is 2.75. The predicted molar refractivity (Wildman–Crippen MR) is 83.1 cm³/mol. The number of hydrogen-bond acceptors (Lipinski definition) is 3. The molecule has 1 aliphatic rings. The van der Waals surface area contributed by atoms with Gasteiger partial charge in [0.15, 0.2) is 0 Å². The Morgan fingerprint density at radius 1 is 1.58 bits per heavy atom. The van der Waals surface area contributed by atoms with Gasteiger partial charge < -0.3 is 10.6 Å². The van der Waals surface area contributed by atoms with E-state index >= 15 is 0 Å². The maximum Gasteiger partial charge on any atom is 0.236 e. The Balaban J connectivity index is 2.19. The Morgan fingerprint density at radius 2 is 2.26 bits per heavy atom. The van der Waals surface area contributed by atoms with Crippen LogP contribution >= 0.6 is 23.6 Å². The van der Waals surface area contributed by atoms with Crippen molar-refractivity contribution in [2.45, 2.75) is 45.7 Å². The molecule has 2 rings (SSSR count). The molecule has 1 amide bonds. The maximum absolute atomic E-state index is 12.8. The second-order valence-electron chi connectivity index (χ2n) is 5.41. The molecule has 1 aromatic rings. The number of carbonyl (C=O) groups excluding carboxylic acids is 1. The number of thiocarbonyl (C=S) groups is 1. The van der Waals surface area contributed by atoms with E-state index in [2.05, 4.69) is 6.07 Å². The third kappa shape index (κ3) is 2.67. The van der Waals surface area contributed by atoms with Crippen molar-refractivity contribution in [2.24, 2.45) is 11.1 Å². The van der Waals surface area contributed by atoms with Crippen LogP contribution in [-0.2, 0) is 11.3 Å². The van der Waals surface area contributed by atoms with E-state index in [4.69, 9.17) is 18.0 Å². The lowest BCUT2D eigenvalue weighted by molar-refractivity contribution is -0.144. The molecule has 1 aromatic heterocycles. The van der Waals surface area contributed by atoms with Gasteiger partial charge in [-0.1, -0.05) is 24.7 Å². The number of rotatable bonds is 5. The molecule has 104 valence electrons. The van der Waals surface area contributed by atoms with Crippen LogP contribution in [0, 0.1) is 5.41 Å². The van der Waals surface area contributed by atoms with Gasteiger partial charge in [0.1, 0.15) is 0 Å². The van der Waals surface area contributed by atoms with Gasteiger partial charge in [-0.15, -0.1) is 11.3 Å². The van der Waals surface area contributed by atoms with Crippen LogP contribution < -0.4 is 5.73 Å². The van der Waals surface area contributed by atoms with E-state index in [-0.39, 0.29) is 11.9 Å². The first-order chi connectivity index (χ1) is 8.97. The molecule has 0 aliphatic heterocycles. The first kappa shape index (κ1) is 14.5. The minimum Gasteiger partial charge on any atom is -0.392 e. The fraction of sp³-hybridized carbons (Fsp3) is 0.571. The smallest absolute Gasteiger partial charge is 0.236 e. The van der Waals surface area contributed by atoms with E-state index in [9.17, 15) is 4.79 Å². The minimum absolute atomic E-state index is 0.106. The SMILES string of the molecule is CC(C)N(Cc1cccs1)C(=O)C1(C(N)=S)CCC1. The molecule has 0 unspecified atom stereocenters. The maximum atomic E-state index is 12.8. The zero-order valence-corrected chi connectivity index (χ0v) is 13.0. The summed E-state index contributed by atoms with van der Waals surface area (Å²) in [6.07, 6.45) is 2.64. The lowest BCUT2D eigenvalue weighted by atomic mass is 9.67. The Labute approximate surface area is 123 Å². The van der Waals surface area contributed by atoms with Crippen LogP contribution in [0.2, 0.25) is 0 Å². The van der Waals surface area contributed by atoms with Crippen molar-refractivity contribution in [3.05, 3.63) is 22.4 Å². The summed E-state index contributed by atoms with van der Waals surface area (Å²) in [7, 11) is 0. The summed E-state index contributed by atoms with van der Waals surface area (Å²) < 4.78 is 0. The third-order valence-corrected chi connectivity index (χ3v) is 5.13. The van der Waals surface area contributed by atoms with Crippen LogP contribution in [0.15, 0.2) is 17.5 Å². The summed E-state index contributed by atoms with van der Waals surface area (Å²) in [5.74, 6) is 0.106. The normalized spacial score (nSPS) is 17.0. The van der Waals surface area contributed by atoms with E-state index in [0.29, 0.717) is 11.5 Å². The number of amides is 1. The van der Waals surface area contributed by atoms with Crippen LogP contribution in [0.5, 0.6) is 0 Å². The topological polar surface area (TPSA) is 46.3 Å².